The van der Waals surface area contributed by atoms with E-state index >= 15 is 0 Å². The molecule has 4 rings (SSSR count). The first-order valence-corrected chi connectivity index (χ1v) is 11.2. The molecule has 32 heavy (non-hydrogen) atoms. The van der Waals surface area contributed by atoms with Crippen LogP contribution in [0.2, 0.25) is 5.02 Å². The Morgan fingerprint density at radius 2 is 1.59 bits per heavy atom. The summed E-state index contributed by atoms with van der Waals surface area (Å²) in [6.45, 7) is 8.63. The standard InChI is InChI=1S/C27H28ClN3O/c1-20(27(32)29-19-21-7-13-24(28)14-8-21)22-9-11-23(12-10-22)25-5-3-4-6-26(25)31-17-15-30(2)16-18-31/h3-14H,1,15-19H2,2H3,(H,29,32). The summed E-state index contributed by atoms with van der Waals surface area (Å²) in [6.07, 6.45) is 0. The van der Waals surface area contributed by atoms with Gasteiger partial charge in [0.1, 0.15) is 0 Å². The Morgan fingerprint density at radius 3 is 2.28 bits per heavy atom. The summed E-state index contributed by atoms with van der Waals surface area (Å²) >= 11 is 5.92. The van der Waals surface area contributed by atoms with Crippen molar-refractivity contribution in [2.45, 2.75) is 6.54 Å². The van der Waals surface area contributed by atoms with Crippen LogP contribution < -0.4 is 10.2 Å². The van der Waals surface area contributed by atoms with E-state index in [9.17, 15) is 4.79 Å². The van der Waals surface area contributed by atoms with Gasteiger partial charge in [-0.25, -0.2) is 0 Å². The van der Waals surface area contributed by atoms with Gasteiger partial charge in [0.2, 0.25) is 0 Å². The number of para-hydroxylation sites is 1. The lowest BCUT2D eigenvalue weighted by molar-refractivity contribution is -0.115. The number of benzene rings is 3. The number of nitrogens with one attached hydrogen (secondary N) is 1. The molecule has 1 aliphatic rings. The van der Waals surface area contributed by atoms with Crippen molar-refractivity contribution in [1.82, 2.24) is 10.2 Å². The maximum atomic E-state index is 12.6. The number of carbonyl (C=O) groups excluding carboxylic acids is 1. The van der Waals surface area contributed by atoms with E-state index in [2.05, 4.69) is 65.1 Å². The number of anilines is 1. The van der Waals surface area contributed by atoms with Gasteiger partial charge in [0, 0.05) is 54.6 Å². The summed E-state index contributed by atoms with van der Waals surface area (Å²) in [5.41, 5.74) is 5.87. The third-order valence-electron chi connectivity index (χ3n) is 5.93. The van der Waals surface area contributed by atoms with E-state index in [4.69, 9.17) is 11.6 Å². The molecule has 3 aromatic rings. The zero-order valence-corrected chi connectivity index (χ0v) is 19.1. The van der Waals surface area contributed by atoms with Gasteiger partial charge in [0.25, 0.3) is 5.91 Å². The van der Waals surface area contributed by atoms with Crippen LogP contribution in [0.3, 0.4) is 0 Å². The molecule has 0 spiro atoms. The zero-order valence-electron chi connectivity index (χ0n) is 18.4. The topological polar surface area (TPSA) is 35.6 Å². The van der Waals surface area contributed by atoms with Crippen LogP contribution in [0.5, 0.6) is 0 Å². The summed E-state index contributed by atoms with van der Waals surface area (Å²) in [7, 11) is 2.17. The lowest BCUT2D eigenvalue weighted by atomic mass is 9.98. The van der Waals surface area contributed by atoms with Crippen LogP contribution in [-0.4, -0.2) is 44.0 Å². The number of rotatable bonds is 6. The van der Waals surface area contributed by atoms with Crippen molar-refractivity contribution < 1.29 is 4.79 Å². The Labute approximate surface area is 195 Å². The van der Waals surface area contributed by atoms with E-state index in [0.29, 0.717) is 17.1 Å². The highest BCUT2D eigenvalue weighted by Gasteiger charge is 2.17. The quantitative estimate of drug-likeness (QED) is 0.537. The molecule has 1 N–H and O–H groups in total. The molecule has 164 valence electrons. The monoisotopic (exact) mass is 445 g/mol. The predicted octanol–water partition coefficient (Wildman–Crippen LogP) is 5.09. The predicted molar refractivity (Wildman–Crippen MR) is 134 cm³/mol. The number of likely N-dealkylation sites (N-methyl/N-ethyl adjacent to an activating group) is 1. The number of hydrogen-bond donors (Lipinski definition) is 1. The molecule has 1 fully saturated rings. The smallest absolute Gasteiger partial charge is 0.251 e. The molecule has 0 atom stereocenters. The Balaban J connectivity index is 1.44. The highest BCUT2D eigenvalue weighted by atomic mass is 35.5. The number of hydrogen-bond acceptors (Lipinski definition) is 3. The molecule has 0 aromatic heterocycles. The Kier molecular flexibility index (Phi) is 6.93. The lowest BCUT2D eigenvalue weighted by Crippen LogP contribution is -2.44. The minimum Gasteiger partial charge on any atom is -0.368 e. The number of piperazine rings is 1. The minimum atomic E-state index is -0.175. The highest BCUT2D eigenvalue weighted by molar-refractivity contribution is 6.30. The van der Waals surface area contributed by atoms with E-state index in [0.717, 1.165) is 42.9 Å². The molecule has 0 unspecified atom stereocenters. The van der Waals surface area contributed by atoms with E-state index in [1.165, 1.54) is 11.3 Å². The fraction of sp³-hybridized carbons (Fsp3) is 0.222. The molecule has 1 heterocycles. The number of amides is 1. The van der Waals surface area contributed by atoms with E-state index < -0.39 is 0 Å². The van der Waals surface area contributed by atoms with Gasteiger partial charge in [-0.2, -0.15) is 0 Å². The molecular weight excluding hydrogens is 418 g/mol. The van der Waals surface area contributed by atoms with Gasteiger partial charge >= 0.3 is 0 Å². The molecule has 0 saturated carbocycles. The Morgan fingerprint density at radius 1 is 0.938 bits per heavy atom. The highest BCUT2D eigenvalue weighted by Crippen LogP contribution is 2.32. The third kappa shape index (κ3) is 5.21. The van der Waals surface area contributed by atoms with Crippen LogP contribution >= 0.6 is 11.6 Å². The van der Waals surface area contributed by atoms with Crippen LogP contribution in [0.1, 0.15) is 11.1 Å². The maximum Gasteiger partial charge on any atom is 0.251 e. The van der Waals surface area contributed by atoms with Gasteiger partial charge in [-0.3, -0.25) is 4.79 Å². The summed E-state index contributed by atoms with van der Waals surface area (Å²) < 4.78 is 0. The summed E-state index contributed by atoms with van der Waals surface area (Å²) in [5, 5.41) is 3.61. The van der Waals surface area contributed by atoms with E-state index in [1.807, 2.05) is 36.4 Å². The molecule has 4 nitrogen and oxygen atoms in total. The number of carbonyl (C=O) groups is 1. The van der Waals surface area contributed by atoms with Gasteiger partial charge in [-0.05, 0) is 41.9 Å². The van der Waals surface area contributed by atoms with Gasteiger partial charge in [0.15, 0.2) is 0 Å². The van der Waals surface area contributed by atoms with Gasteiger partial charge in [-0.1, -0.05) is 72.8 Å². The molecule has 0 radical (unpaired) electrons. The second-order valence-corrected chi connectivity index (χ2v) is 8.61. The summed E-state index contributed by atoms with van der Waals surface area (Å²) in [5.74, 6) is -0.175. The average Bonchev–Trinajstić information content (AvgIpc) is 2.84. The van der Waals surface area contributed by atoms with E-state index in [-0.39, 0.29) is 5.91 Å². The Bertz CT molecular complexity index is 1080. The molecule has 5 heteroatoms. The molecular formula is C27H28ClN3O. The number of halogens is 1. The molecule has 0 bridgehead atoms. The zero-order chi connectivity index (χ0) is 22.5. The largest absolute Gasteiger partial charge is 0.368 e. The second-order valence-electron chi connectivity index (χ2n) is 8.17. The Hall–Kier alpha value is -3.08. The summed E-state index contributed by atoms with van der Waals surface area (Å²) in [4.78, 5) is 17.4. The van der Waals surface area contributed by atoms with Crippen LogP contribution in [0, 0.1) is 0 Å². The van der Waals surface area contributed by atoms with Crippen molar-refractivity contribution in [3.05, 3.63) is 95.5 Å². The fourth-order valence-corrected chi connectivity index (χ4v) is 4.04. The van der Waals surface area contributed by atoms with Crippen molar-refractivity contribution >= 4 is 28.8 Å². The van der Waals surface area contributed by atoms with E-state index in [1.54, 1.807) is 0 Å². The van der Waals surface area contributed by atoms with Crippen LogP contribution in [0.4, 0.5) is 5.69 Å². The van der Waals surface area contributed by atoms with Crippen molar-refractivity contribution in [3.8, 4) is 11.1 Å². The van der Waals surface area contributed by atoms with Crippen LogP contribution in [0.25, 0.3) is 16.7 Å². The van der Waals surface area contributed by atoms with Crippen molar-refractivity contribution in [2.24, 2.45) is 0 Å². The lowest BCUT2D eigenvalue weighted by Gasteiger charge is -2.35. The first kappa shape index (κ1) is 22.1. The fourth-order valence-electron chi connectivity index (χ4n) is 3.91. The van der Waals surface area contributed by atoms with Gasteiger partial charge < -0.3 is 15.1 Å². The van der Waals surface area contributed by atoms with Crippen molar-refractivity contribution in [3.63, 3.8) is 0 Å². The molecule has 1 aliphatic heterocycles. The first-order chi connectivity index (χ1) is 15.5. The molecule has 1 amide bonds. The average molecular weight is 446 g/mol. The van der Waals surface area contributed by atoms with Crippen molar-refractivity contribution in [2.75, 3.05) is 38.1 Å². The van der Waals surface area contributed by atoms with Crippen LogP contribution in [-0.2, 0) is 11.3 Å². The molecule has 0 aliphatic carbocycles. The third-order valence-corrected chi connectivity index (χ3v) is 6.18. The van der Waals surface area contributed by atoms with Gasteiger partial charge in [0.05, 0.1) is 0 Å². The summed E-state index contributed by atoms with van der Waals surface area (Å²) in [6, 6.07) is 24.0. The SMILES string of the molecule is C=C(C(=O)NCc1ccc(Cl)cc1)c1ccc(-c2ccccc2N2CCN(C)CC2)cc1. The minimum absolute atomic E-state index is 0.175. The normalized spacial score (nSPS) is 14.2. The first-order valence-electron chi connectivity index (χ1n) is 10.9. The molecule has 1 saturated heterocycles. The molecule has 3 aromatic carbocycles. The second kappa shape index (κ2) is 10.0. The van der Waals surface area contributed by atoms with Gasteiger partial charge in [-0.15, -0.1) is 0 Å². The maximum absolute atomic E-state index is 12.6. The van der Waals surface area contributed by atoms with Crippen molar-refractivity contribution in [1.29, 1.82) is 0 Å². The number of nitrogens with zero attached hydrogens (tertiary/aromatic N) is 2. The van der Waals surface area contributed by atoms with Crippen LogP contribution in [0.15, 0.2) is 79.4 Å².